The highest BCUT2D eigenvalue weighted by Crippen LogP contribution is 2.15. The van der Waals surface area contributed by atoms with E-state index in [1.165, 1.54) is 0 Å². The lowest BCUT2D eigenvalue weighted by molar-refractivity contribution is 0.0367. The van der Waals surface area contributed by atoms with Crippen molar-refractivity contribution in [2.75, 3.05) is 6.54 Å². The molecule has 1 atom stereocenters. The molecule has 0 saturated carbocycles. The highest BCUT2D eigenvalue weighted by atomic mass is 19.2. The van der Waals surface area contributed by atoms with Gasteiger partial charge >= 0.3 is 0 Å². The molecule has 2 N–H and O–H groups in total. The summed E-state index contributed by atoms with van der Waals surface area (Å²) in [7, 11) is 0. The van der Waals surface area contributed by atoms with E-state index in [1.54, 1.807) is 6.92 Å². The Labute approximate surface area is 110 Å². The van der Waals surface area contributed by atoms with Gasteiger partial charge in [-0.3, -0.25) is 4.79 Å². The molecule has 1 heterocycles. The molecule has 4 nitrogen and oxygen atoms in total. The quantitative estimate of drug-likeness (QED) is 0.805. The fourth-order valence-electron chi connectivity index (χ4n) is 1.91. The minimum Gasteiger partial charge on any atom is -0.388 e. The number of aromatic nitrogens is 1. The van der Waals surface area contributed by atoms with Gasteiger partial charge in [-0.15, -0.1) is 0 Å². The zero-order valence-corrected chi connectivity index (χ0v) is 11.2. The van der Waals surface area contributed by atoms with Gasteiger partial charge in [-0.25, -0.2) is 9.37 Å². The van der Waals surface area contributed by atoms with Crippen LogP contribution in [0.4, 0.5) is 8.78 Å². The summed E-state index contributed by atoms with van der Waals surface area (Å²) in [5, 5.41) is 12.4. The van der Waals surface area contributed by atoms with Crippen molar-refractivity contribution in [3.63, 3.8) is 0 Å². The molecule has 0 radical (unpaired) electrons. The number of amides is 1. The van der Waals surface area contributed by atoms with Crippen LogP contribution < -0.4 is 5.32 Å². The second-order valence-corrected chi connectivity index (χ2v) is 5.24. The van der Waals surface area contributed by atoms with Crippen molar-refractivity contribution in [3.05, 3.63) is 29.6 Å². The van der Waals surface area contributed by atoms with Gasteiger partial charge in [0.2, 0.25) is 5.95 Å². The van der Waals surface area contributed by atoms with Crippen molar-refractivity contribution in [1.82, 2.24) is 10.3 Å². The minimum absolute atomic E-state index is 0.0343. The van der Waals surface area contributed by atoms with Crippen LogP contribution in [0.3, 0.4) is 0 Å². The Balaban J connectivity index is 2.68. The highest BCUT2D eigenvalue weighted by molar-refractivity contribution is 5.94. The van der Waals surface area contributed by atoms with E-state index in [2.05, 4.69) is 10.3 Å². The Morgan fingerprint density at radius 2 is 2.16 bits per heavy atom. The van der Waals surface area contributed by atoms with Crippen LogP contribution in [-0.4, -0.2) is 28.1 Å². The van der Waals surface area contributed by atoms with E-state index in [9.17, 15) is 18.7 Å². The fourth-order valence-corrected chi connectivity index (χ4v) is 1.91. The van der Waals surface area contributed by atoms with Gasteiger partial charge in [0.05, 0.1) is 11.2 Å². The summed E-state index contributed by atoms with van der Waals surface area (Å²) < 4.78 is 26.2. The van der Waals surface area contributed by atoms with Crippen LogP contribution in [0.5, 0.6) is 0 Å². The highest BCUT2D eigenvalue weighted by Gasteiger charge is 2.24. The normalized spacial score (nSPS) is 14.3. The first-order chi connectivity index (χ1) is 8.73. The number of pyridine rings is 1. The second kappa shape index (κ2) is 6.06. The molecule has 0 bridgehead atoms. The largest absolute Gasteiger partial charge is 0.388 e. The van der Waals surface area contributed by atoms with Gasteiger partial charge in [-0.1, -0.05) is 13.8 Å². The zero-order chi connectivity index (χ0) is 14.6. The van der Waals surface area contributed by atoms with Crippen molar-refractivity contribution in [2.24, 2.45) is 5.92 Å². The summed E-state index contributed by atoms with van der Waals surface area (Å²) in [4.78, 5) is 14.8. The average molecular weight is 272 g/mol. The van der Waals surface area contributed by atoms with Gasteiger partial charge in [-0.05, 0) is 25.3 Å². The Bertz CT molecular complexity index is 462. The lowest BCUT2D eigenvalue weighted by Crippen LogP contribution is -2.41. The third kappa shape index (κ3) is 4.55. The molecular formula is C13H18F2N2O2. The smallest absolute Gasteiger partial charge is 0.254 e. The van der Waals surface area contributed by atoms with Crippen LogP contribution in [0.2, 0.25) is 0 Å². The maximum Gasteiger partial charge on any atom is 0.254 e. The van der Waals surface area contributed by atoms with E-state index >= 15 is 0 Å². The number of hydrogen-bond acceptors (Lipinski definition) is 3. The second-order valence-electron chi connectivity index (χ2n) is 5.24. The number of carbonyl (C=O) groups is 1. The van der Waals surface area contributed by atoms with Crippen LogP contribution >= 0.6 is 0 Å². The van der Waals surface area contributed by atoms with Crippen LogP contribution in [-0.2, 0) is 0 Å². The number of rotatable bonds is 5. The Kier molecular flexibility index (Phi) is 4.94. The van der Waals surface area contributed by atoms with Gasteiger partial charge < -0.3 is 10.4 Å². The maximum absolute atomic E-state index is 13.3. The molecule has 0 saturated heterocycles. The molecule has 0 aliphatic rings. The number of nitrogens with one attached hydrogen (secondary N) is 1. The lowest BCUT2D eigenvalue weighted by atomic mass is 9.94. The average Bonchev–Trinajstić information content (AvgIpc) is 2.28. The molecular weight excluding hydrogens is 254 g/mol. The molecule has 1 unspecified atom stereocenters. The molecule has 1 aromatic rings. The van der Waals surface area contributed by atoms with Crippen molar-refractivity contribution in [3.8, 4) is 0 Å². The van der Waals surface area contributed by atoms with E-state index < -0.39 is 28.8 Å². The number of carbonyl (C=O) groups excluding carboxylic acids is 1. The van der Waals surface area contributed by atoms with Gasteiger partial charge in [0.25, 0.3) is 5.91 Å². The lowest BCUT2D eigenvalue weighted by Gasteiger charge is -2.25. The summed E-state index contributed by atoms with van der Waals surface area (Å²) in [5.41, 5.74) is -1.51. The van der Waals surface area contributed by atoms with E-state index in [-0.39, 0.29) is 12.5 Å². The molecule has 1 rings (SSSR count). The predicted octanol–water partition coefficient (Wildman–Crippen LogP) is 1.89. The number of halogens is 2. The minimum atomic E-state index is -1.32. The van der Waals surface area contributed by atoms with Crippen LogP contribution in [0.25, 0.3) is 0 Å². The number of aliphatic hydroxyl groups is 1. The van der Waals surface area contributed by atoms with Crippen molar-refractivity contribution >= 4 is 5.91 Å². The molecule has 0 fully saturated rings. The van der Waals surface area contributed by atoms with Gasteiger partial charge in [0.1, 0.15) is 0 Å². The summed E-state index contributed by atoms with van der Waals surface area (Å²) in [6, 6.07) is 1.09. The van der Waals surface area contributed by atoms with E-state index in [1.807, 2.05) is 13.8 Å². The van der Waals surface area contributed by atoms with Gasteiger partial charge in [0, 0.05) is 12.7 Å². The van der Waals surface area contributed by atoms with E-state index in [4.69, 9.17) is 0 Å². The summed E-state index contributed by atoms with van der Waals surface area (Å²) >= 11 is 0. The summed E-state index contributed by atoms with van der Waals surface area (Å²) in [5.74, 6) is -3.13. The first-order valence-electron chi connectivity index (χ1n) is 6.03. The molecule has 0 spiro atoms. The number of hydrogen-bond donors (Lipinski definition) is 2. The van der Waals surface area contributed by atoms with Crippen molar-refractivity contribution in [2.45, 2.75) is 32.8 Å². The Hall–Kier alpha value is -1.56. The maximum atomic E-state index is 13.3. The molecule has 0 aromatic carbocycles. The van der Waals surface area contributed by atoms with Crippen LogP contribution in [0, 0.1) is 17.7 Å². The Morgan fingerprint density at radius 1 is 1.53 bits per heavy atom. The summed E-state index contributed by atoms with van der Waals surface area (Å²) in [6.45, 7) is 5.42. The summed E-state index contributed by atoms with van der Waals surface area (Å²) in [6.07, 6.45) is 1.50. The fraction of sp³-hybridized carbons (Fsp3) is 0.538. The van der Waals surface area contributed by atoms with E-state index in [0.717, 1.165) is 12.3 Å². The molecule has 6 heteroatoms. The molecule has 19 heavy (non-hydrogen) atoms. The predicted molar refractivity (Wildman–Crippen MR) is 66.6 cm³/mol. The van der Waals surface area contributed by atoms with Crippen molar-refractivity contribution in [1.29, 1.82) is 0 Å². The van der Waals surface area contributed by atoms with E-state index in [0.29, 0.717) is 6.42 Å². The standard InChI is InChI=1S/C13H18F2N2O2/c1-8(2)6-13(3,19)7-17-12(18)9-4-5-16-11(15)10(9)14/h4-5,8,19H,6-7H2,1-3H3,(H,17,18). The van der Waals surface area contributed by atoms with Gasteiger partial charge in [-0.2, -0.15) is 4.39 Å². The zero-order valence-electron chi connectivity index (χ0n) is 11.2. The third-order valence-electron chi connectivity index (χ3n) is 2.57. The topological polar surface area (TPSA) is 62.2 Å². The van der Waals surface area contributed by atoms with Crippen molar-refractivity contribution < 1.29 is 18.7 Å². The SMILES string of the molecule is CC(C)CC(C)(O)CNC(=O)c1ccnc(F)c1F. The Morgan fingerprint density at radius 3 is 2.74 bits per heavy atom. The molecule has 0 aliphatic heterocycles. The van der Waals surface area contributed by atoms with Gasteiger partial charge in [0.15, 0.2) is 5.82 Å². The van der Waals surface area contributed by atoms with Crippen LogP contribution in [0.1, 0.15) is 37.6 Å². The third-order valence-corrected chi connectivity index (χ3v) is 2.57. The molecule has 1 amide bonds. The molecule has 1 aromatic heterocycles. The first kappa shape index (κ1) is 15.5. The first-order valence-corrected chi connectivity index (χ1v) is 6.03. The molecule has 106 valence electrons. The molecule has 0 aliphatic carbocycles. The van der Waals surface area contributed by atoms with Crippen LogP contribution in [0.15, 0.2) is 12.3 Å². The monoisotopic (exact) mass is 272 g/mol. The number of nitrogens with zero attached hydrogens (tertiary/aromatic N) is 1.